The predicted molar refractivity (Wildman–Crippen MR) is 129 cm³/mol. The number of aliphatic hydroxyl groups is 3. The van der Waals surface area contributed by atoms with Crippen LogP contribution >= 0.6 is 0 Å². The van der Waals surface area contributed by atoms with Gasteiger partial charge in [0, 0.05) is 5.92 Å². The van der Waals surface area contributed by atoms with Gasteiger partial charge < -0.3 is 15.3 Å². The van der Waals surface area contributed by atoms with Crippen LogP contribution in [-0.4, -0.2) is 33.1 Å². The van der Waals surface area contributed by atoms with Crippen molar-refractivity contribution in [3.05, 3.63) is 35.5 Å². The van der Waals surface area contributed by atoms with Crippen LogP contribution < -0.4 is 0 Å². The molecule has 0 heterocycles. The van der Waals surface area contributed by atoms with Crippen LogP contribution in [0.3, 0.4) is 0 Å². The number of aliphatic hydroxyl groups excluding tert-OH is 2. The molecule has 2 unspecified atom stereocenters. The van der Waals surface area contributed by atoms with Crippen molar-refractivity contribution in [2.24, 2.45) is 29.1 Å². The molecule has 0 spiro atoms. The minimum atomic E-state index is -0.648. The molecule has 31 heavy (non-hydrogen) atoms. The lowest BCUT2D eigenvalue weighted by Gasteiger charge is -2.44. The van der Waals surface area contributed by atoms with Gasteiger partial charge in [-0.3, -0.25) is 0 Å². The van der Waals surface area contributed by atoms with Gasteiger partial charge in [0.15, 0.2) is 0 Å². The molecule has 3 saturated carbocycles. The summed E-state index contributed by atoms with van der Waals surface area (Å²) in [5.41, 5.74) is 3.15. The predicted octanol–water partition coefficient (Wildman–Crippen LogP) is 5.95. The van der Waals surface area contributed by atoms with Crippen LogP contribution in [0, 0.1) is 29.1 Å². The molecule has 3 fully saturated rings. The summed E-state index contributed by atoms with van der Waals surface area (Å²) in [6.07, 6.45) is 13.4. The first-order chi connectivity index (χ1) is 14.4. The average molecular weight is 431 g/mol. The minimum Gasteiger partial charge on any atom is -0.392 e. The highest BCUT2D eigenvalue weighted by molar-refractivity contribution is 5.39. The van der Waals surface area contributed by atoms with Crippen molar-refractivity contribution in [1.29, 1.82) is 0 Å². The quantitative estimate of drug-likeness (QED) is 0.488. The van der Waals surface area contributed by atoms with E-state index in [1.165, 1.54) is 32.1 Å². The van der Waals surface area contributed by atoms with E-state index in [1.54, 1.807) is 5.57 Å². The number of hydrogen-bond acceptors (Lipinski definition) is 3. The van der Waals surface area contributed by atoms with Crippen molar-refractivity contribution in [2.75, 3.05) is 0 Å². The standard InChI is InChI=1S/C28H46O3/c1-18(9-7-15-27(4,5)31)23-13-14-24-21(10-8-16-28(23,24)6)11-12-22-17-25(29)20(3)26(30)19(22)2/h11-12,18,20,23-26,29-31H,2,7-10,13-17H2,1,3-6H3/b21-11+,22-12-/t18-,20-,23?,24-,25-,26+,28?/m0/s1. The lowest BCUT2D eigenvalue weighted by molar-refractivity contribution is 0.0283. The Labute approximate surface area is 190 Å². The van der Waals surface area contributed by atoms with Crippen LogP contribution in [0.4, 0.5) is 0 Å². The summed E-state index contributed by atoms with van der Waals surface area (Å²) in [6.45, 7) is 14.8. The first kappa shape index (κ1) is 24.7. The molecular weight excluding hydrogens is 384 g/mol. The van der Waals surface area contributed by atoms with Gasteiger partial charge >= 0.3 is 0 Å². The maximum atomic E-state index is 10.4. The number of allylic oxidation sites excluding steroid dienone is 3. The Morgan fingerprint density at radius 2 is 1.94 bits per heavy atom. The second-order valence-electron chi connectivity index (χ2n) is 11.8. The molecule has 3 rings (SSSR count). The molecule has 0 saturated heterocycles. The lowest BCUT2D eigenvalue weighted by Crippen LogP contribution is -2.36. The Bertz CT molecular complexity index is 712. The lowest BCUT2D eigenvalue weighted by atomic mass is 9.60. The number of fused-ring (bicyclic) bond motifs is 1. The van der Waals surface area contributed by atoms with Crippen molar-refractivity contribution in [3.63, 3.8) is 0 Å². The highest BCUT2D eigenvalue weighted by Crippen LogP contribution is 2.60. The van der Waals surface area contributed by atoms with Gasteiger partial charge in [0.1, 0.15) is 0 Å². The third-order valence-corrected chi connectivity index (χ3v) is 8.97. The van der Waals surface area contributed by atoms with Gasteiger partial charge in [0.2, 0.25) is 0 Å². The molecule has 0 bridgehead atoms. The van der Waals surface area contributed by atoms with Crippen molar-refractivity contribution >= 4 is 0 Å². The topological polar surface area (TPSA) is 60.7 Å². The van der Waals surface area contributed by atoms with Crippen LogP contribution in [-0.2, 0) is 0 Å². The Balaban J connectivity index is 1.71. The van der Waals surface area contributed by atoms with Gasteiger partial charge in [-0.05, 0) is 93.1 Å². The fourth-order valence-electron chi connectivity index (χ4n) is 6.91. The third kappa shape index (κ3) is 5.37. The van der Waals surface area contributed by atoms with Gasteiger partial charge in [0.25, 0.3) is 0 Å². The molecule has 176 valence electrons. The first-order valence-electron chi connectivity index (χ1n) is 12.6. The van der Waals surface area contributed by atoms with E-state index in [4.69, 9.17) is 0 Å². The normalized spacial score (nSPS) is 40.4. The molecule has 0 aliphatic heterocycles. The Morgan fingerprint density at radius 3 is 2.61 bits per heavy atom. The monoisotopic (exact) mass is 430 g/mol. The zero-order valence-electron chi connectivity index (χ0n) is 20.5. The van der Waals surface area contributed by atoms with Crippen LogP contribution in [0.25, 0.3) is 0 Å². The molecule has 3 N–H and O–H groups in total. The van der Waals surface area contributed by atoms with E-state index in [1.807, 2.05) is 20.8 Å². The molecule has 0 aromatic heterocycles. The minimum absolute atomic E-state index is 0.149. The number of hydrogen-bond donors (Lipinski definition) is 3. The van der Waals surface area contributed by atoms with Crippen molar-refractivity contribution in [1.82, 2.24) is 0 Å². The molecule has 7 atom stereocenters. The van der Waals surface area contributed by atoms with Crippen LogP contribution in [0.1, 0.15) is 92.4 Å². The van der Waals surface area contributed by atoms with Gasteiger partial charge in [-0.1, -0.05) is 57.9 Å². The summed E-state index contributed by atoms with van der Waals surface area (Å²) in [5.74, 6) is 1.94. The van der Waals surface area contributed by atoms with Crippen molar-refractivity contribution in [3.8, 4) is 0 Å². The van der Waals surface area contributed by atoms with E-state index in [0.717, 1.165) is 36.3 Å². The molecular formula is C28H46O3. The van der Waals surface area contributed by atoms with Gasteiger partial charge in [0.05, 0.1) is 17.8 Å². The Hall–Kier alpha value is -0.900. The average Bonchev–Trinajstić information content (AvgIpc) is 3.04. The third-order valence-electron chi connectivity index (χ3n) is 8.97. The maximum absolute atomic E-state index is 10.4. The Kier molecular flexibility index (Phi) is 7.61. The highest BCUT2D eigenvalue weighted by Gasteiger charge is 2.50. The number of rotatable bonds is 6. The van der Waals surface area contributed by atoms with Crippen molar-refractivity contribution < 1.29 is 15.3 Å². The van der Waals surface area contributed by atoms with Gasteiger partial charge in [-0.25, -0.2) is 0 Å². The summed E-state index contributed by atoms with van der Waals surface area (Å²) in [5, 5.41) is 30.7. The smallest absolute Gasteiger partial charge is 0.0837 e. The van der Waals surface area contributed by atoms with E-state index in [0.29, 0.717) is 23.7 Å². The first-order valence-corrected chi connectivity index (χ1v) is 12.6. The molecule has 3 aliphatic carbocycles. The SMILES string of the molecule is C=C1/C(=C\C=C2/CCCC3(C)C([C@@H](C)CCCC(C)(C)O)CC[C@@H]23)C[C@H](O)[C@H](C)[C@@H]1O. The molecule has 3 aliphatic rings. The molecule has 0 radical (unpaired) electrons. The van der Waals surface area contributed by atoms with Crippen LogP contribution in [0.2, 0.25) is 0 Å². The van der Waals surface area contributed by atoms with Gasteiger partial charge in [-0.15, -0.1) is 0 Å². The summed E-state index contributed by atoms with van der Waals surface area (Å²) < 4.78 is 0. The van der Waals surface area contributed by atoms with E-state index in [-0.39, 0.29) is 5.92 Å². The van der Waals surface area contributed by atoms with E-state index in [2.05, 4.69) is 32.6 Å². The molecule has 0 aromatic carbocycles. The zero-order chi connectivity index (χ0) is 23.0. The van der Waals surface area contributed by atoms with Crippen LogP contribution in [0.15, 0.2) is 35.5 Å². The Morgan fingerprint density at radius 1 is 1.23 bits per heavy atom. The highest BCUT2D eigenvalue weighted by atomic mass is 16.3. The van der Waals surface area contributed by atoms with E-state index in [9.17, 15) is 15.3 Å². The summed E-state index contributed by atoms with van der Waals surface area (Å²) >= 11 is 0. The summed E-state index contributed by atoms with van der Waals surface area (Å²) in [6, 6.07) is 0. The molecule has 3 nitrogen and oxygen atoms in total. The van der Waals surface area contributed by atoms with E-state index >= 15 is 0 Å². The summed E-state index contributed by atoms with van der Waals surface area (Å²) in [4.78, 5) is 0. The summed E-state index contributed by atoms with van der Waals surface area (Å²) in [7, 11) is 0. The maximum Gasteiger partial charge on any atom is 0.0837 e. The fourth-order valence-corrected chi connectivity index (χ4v) is 6.91. The largest absolute Gasteiger partial charge is 0.392 e. The second-order valence-corrected chi connectivity index (χ2v) is 11.8. The van der Waals surface area contributed by atoms with Crippen LogP contribution in [0.5, 0.6) is 0 Å². The molecule has 0 aromatic rings. The van der Waals surface area contributed by atoms with Gasteiger partial charge in [-0.2, -0.15) is 0 Å². The zero-order valence-corrected chi connectivity index (χ0v) is 20.5. The fraction of sp³-hybridized carbons (Fsp3) is 0.786. The van der Waals surface area contributed by atoms with Crippen molar-refractivity contribution in [2.45, 2.75) is 110 Å². The molecule has 3 heteroatoms. The molecule has 0 amide bonds. The van der Waals surface area contributed by atoms with E-state index < -0.39 is 17.8 Å². The second kappa shape index (κ2) is 9.53.